The number of nitrogens with two attached hydrogens (primary N) is 1. The van der Waals surface area contributed by atoms with Crippen LogP contribution in [-0.4, -0.2) is 13.2 Å². The lowest BCUT2D eigenvalue weighted by Gasteiger charge is -2.33. The summed E-state index contributed by atoms with van der Waals surface area (Å²) < 4.78 is 5.60. The van der Waals surface area contributed by atoms with Crippen molar-refractivity contribution in [3.8, 4) is 5.75 Å². The van der Waals surface area contributed by atoms with Crippen LogP contribution in [0.15, 0.2) is 0 Å². The standard InChI is InChI=1S/C15H22ClNO/c1-8-9(2)15(18-4)13(10(3)14(8)16)7-11-5-12(17)6-11/h11-12H,5-7,17H2,1-4H3. The number of rotatable bonds is 3. The van der Waals surface area contributed by atoms with Gasteiger partial charge in [0.2, 0.25) is 0 Å². The van der Waals surface area contributed by atoms with E-state index in [1.165, 1.54) is 5.56 Å². The van der Waals surface area contributed by atoms with Gasteiger partial charge >= 0.3 is 0 Å². The van der Waals surface area contributed by atoms with Crippen molar-refractivity contribution in [2.45, 2.75) is 46.1 Å². The summed E-state index contributed by atoms with van der Waals surface area (Å²) in [5, 5.41) is 0.881. The number of hydrogen-bond donors (Lipinski definition) is 1. The lowest BCUT2D eigenvalue weighted by Crippen LogP contribution is -2.37. The minimum atomic E-state index is 0.392. The van der Waals surface area contributed by atoms with Crippen molar-refractivity contribution in [2.75, 3.05) is 7.11 Å². The van der Waals surface area contributed by atoms with Crippen molar-refractivity contribution in [1.29, 1.82) is 0 Å². The van der Waals surface area contributed by atoms with Crippen molar-refractivity contribution in [3.63, 3.8) is 0 Å². The van der Waals surface area contributed by atoms with Gasteiger partial charge in [-0.1, -0.05) is 11.6 Å². The fraction of sp³-hybridized carbons (Fsp3) is 0.600. The first-order valence-electron chi connectivity index (χ1n) is 6.53. The minimum absolute atomic E-state index is 0.392. The molecule has 1 aromatic rings. The zero-order chi connectivity index (χ0) is 13.4. The molecule has 0 spiro atoms. The second kappa shape index (κ2) is 5.10. The van der Waals surface area contributed by atoms with Crippen LogP contribution in [0.5, 0.6) is 5.75 Å². The summed E-state index contributed by atoms with van der Waals surface area (Å²) >= 11 is 6.41. The van der Waals surface area contributed by atoms with E-state index in [1.54, 1.807) is 7.11 Å². The number of halogens is 1. The first kappa shape index (κ1) is 13.7. The summed E-state index contributed by atoms with van der Waals surface area (Å²) in [6.07, 6.45) is 3.27. The first-order valence-corrected chi connectivity index (χ1v) is 6.91. The van der Waals surface area contributed by atoms with E-state index in [0.717, 1.165) is 46.7 Å². The van der Waals surface area contributed by atoms with Crippen LogP contribution in [0.4, 0.5) is 0 Å². The van der Waals surface area contributed by atoms with E-state index in [9.17, 15) is 0 Å². The fourth-order valence-corrected chi connectivity index (χ4v) is 3.17. The molecule has 1 fully saturated rings. The highest BCUT2D eigenvalue weighted by Crippen LogP contribution is 2.39. The quantitative estimate of drug-likeness (QED) is 0.909. The average Bonchev–Trinajstić information content (AvgIpc) is 2.31. The van der Waals surface area contributed by atoms with Gasteiger partial charge < -0.3 is 10.5 Å². The van der Waals surface area contributed by atoms with E-state index in [4.69, 9.17) is 22.1 Å². The van der Waals surface area contributed by atoms with Crippen LogP contribution in [0, 0.1) is 26.7 Å². The topological polar surface area (TPSA) is 35.2 Å². The first-order chi connectivity index (χ1) is 8.45. The summed E-state index contributed by atoms with van der Waals surface area (Å²) in [6.45, 7) is 6.22. The molecule has 18 heavy (non-hydrogen) atoms. The Morgan fingerprint density at radius 3 is 2.28 bits per heavy atom. The molecule has 2 rings (SSSR count). The maximum atomic E-state index is 6.41. The van der Waals surface area contributed by atoms with E-state index in [2.05, 4.69) is 20.8 Å². The molecule has 100 valence electrons. The van der Waals surface area contributed by atoms with Crippen molar-refractivity contribution < 1.29 is 4.74 Å². The highest BCUT2D eigenvalue weighted by molar-refractivity contribution is 6.32. The lowest BCUT2D eigenvalue weighted by molar-refractivity contribution is 0.261. The minimum Gasteiger partial charge on any atom is -0.496 e. The molecule has 0 amide bonds. The average molecular weight is 268 g/mol. The number of hydrogen-bond acceptors (Lipinski definition) is 2. The predicted molar refractivity (Wildman–Crippen MR) is 76.6 cm³/mol. The molecule has 2 N–H and O–H groups in total. The Bertz CT molecular complexity index is 464. The summed E-state index contributed by atoms with van der Waals surface area (Å²) in [4.78, 5) is 0. The molecule has 1 saturated carbocycles. The molecule has 1 aliphatic carbocycles. The SMILES string of the molecule is COc1c(C)c(C)c(Cl)c(C)c1CC1CC(N)C1. The molecule has 0 radical (unpaired) electrons. The van der Waals surface area contributed by atoms with Crippen LogP contribution in [0.2, 0.25) is 5.02 Å². The third-order valence-corrected chi connectivity index (χ3v) is 4.82. The third kappa shape index (κ3) is 2.24. The maximum Gasteiger partial charge on any atom is 0.125 e. The van der Waals surface area contributed by atoms with Gasteiger partial charge in [-0.15, -0.1) is 0 Å². The van der Waals surface area contributed by atoms with Gasteiger partial charge in [0.25, 0.3) is 0 Å². The summed E-state index contributed by atoms with van der Waals surface area (Å²) in [7, 11) is 1.74. The van der Waals surface area contributed by atoms with E-state index in [0.29, 0.717) is 12.0 Å². The van der Waals surface area contributed by atoms with Gasteiger partial charge in [-0.3, -0.25) is 0 Å². The molecule has 0 aromatic heterocycles. The molecular weight excluding hydrogens is 246 g/mol. The van der Waals surface area contributed by atoms with Gasteiger partial charge in [-0.2, -0.15) is 0 Å². The highest BCUT2D eigenvalue weighted by Gasteiger charge is 2.28. The van der Waals surface area contributed by atoms with Gasteiger partial charge in [-0.05, 0) is 68.2 Å². The number of ether oxygens (including phenoxy) is 1. The Labute approximate surface area is 114 Å². The van der Waals surface area contributed by atoms with Crippen molar-refractivity contribution >= 4 is 11.6 Å². The molecule has 0 aliphatic heterocycles. The maximum absolute atomic E-state index is 6.41. The smallest absolute Gasteiger partial charge is 0.125 e. The second-order valence-electron chi connectivity index (χ2n) is 5.50. The molecule has 3 heteroatoms. The fourth-order valence-electron chi connectivity index (χ4n) is 2.91. The van der Waals surface area contributed by atoms with Crippen LogP contribution >= 0.6 is 11.6 Å². The van der Waals surface area contributed by atoms with Crippen LogP contribution in [0.25, 0.3) is 0 Å². The van der Waals surface area contributed by atoms with Crippen LogP contribution in [0.1, 0.15) is 35.1 Å². The molecule has 0 saturated heterocycles. The summed E-state index contributed by atoms with van der Waals surface area (Å²) in [6, 6.07) is 0.392. The molecule has 2 nitrogen and oxygen atoms in total. The Balaban J connectivity index is 2.38. The van der Waals surface area contributed by atoms with Crippen LogP contribution < -0.4 is 10.5 Å². The van der Waals surface area contributed by atoms with Crippen LogP contribution in [-0.2, 0) is 6.42 Å². The third-order valence-electron chi connectivity index (χ3n) is 4.26. The summed E-state index contributed by atoms with van der Waals surface area (Å²) in [5.74, 6) is 1.70. The van der Waals surface area contributed by atoms with Crippen molar-refractivity contribution in [2.24, 2.45) is 11.7 Å². The number of benzene rings is 1. The predicted octanol–water partition coefficient (Wildman–Crippen LogP) is 3.55. The highest BCUT2D eigenvalue weighted by atomic mass is 35.5. The van der Waals surface area contributed by atoms with Gasteiger partial charge in [0.1, 0.15) is 5.75 Å². The molecular formula is C15H22ClNO. The molecule has 0 unspecified atom stereocenters. The zero-order valence-corrected chi connectivity index (χ0v) is 12.4. The Morgan fingerprint density at radius 2 is 1.78 bits per heavy atom. The van der Waals surface area contributed by atoms with Gasteiger partial charge in [0.05, 0.1) is 7.11 Å². The van der Waals surface area contributed by atoms with E-state index >= 15 is 0 Å². The molecule has 1 aliphatic rings. The molecule has 1 aromatic carbocycles. The van der Waals surface area contributed by atoms with Crippen molar-refractivity contribution in [1.82, 2.24) is 0 Å². The second-order valence-corrected chi connectivity index (χ2v) is 5.88. The van der Waals surface area contributed by atoms with E-state index in [-0.39, 0.29) is 0 Å². The van der Waals surface area contributed by atoms with Gasteiger partial charge in [0, 0.05) is 11.1 Å². The zero-order valence-electron chi connectivity index (χ0n) is 11.6. The summed E-state index contributed by atoms with van der Waals surface area (Å²) in [5.41, 5.74) is 10.6. The molecule has 0 atom stereocenters. The van der Waals surface area contributed by atoms with Gasteiger partial charge in [-0.25, -0.2) is 0 Å². The normalized spacial score (nSPS) is 22.8. The Hall–Kier alpha value is -0.730. The number of methoxy groups -OCH3 is 1. The van der Waals surface area contributed by atoms with Crippen LogP contribution in [0.3, 0.4) is 0 Å². The van der Waals surface area contributed by atoms with E-state index < -0.39 is 0 Å². The Morgan fingerprint density at radius 1 is 1.17 bits per heavy atom. The van der Waals surface area contributed by atoms with E-state index in [1.807, 2.05) is 0 Å². The van der Waals surface area contributed by atoms with Gasteiger partial charge in [0.15, 0.2) is 0 Å². The molecule has 0 bridgehead atoms. The lowest BCUT2D eigenvalue weighted by atomic mass is 9.76. The van der Waals surface area contributed by atoms with Crippen molar-refractivity contribution in [3.05, 3.63) is 27.3 Å². The largest absolute Gasteiger partial charge is 0.496 e. The Kier molecular flexibility index (Phi) is 3.88. The monoisotopic (exact) mass is 267 g/mol. The molecule has 0 heterocycles.